The van der Waals surface area contributed by atoms with E-state index < -0.39 is 10.0 Å². The van der Waals surface area contributed by atoms with E-state index in [1.807, 2.05) is 18.2 Å². The van der Waals surface area contributed by atoms with E-state index in [9.17, 15) is 18.0 Å². The first-order chi connectivity index (χ1) is 19.8. The molecule has 0 unspecified atom stereocenters. The number of rotatable bonds is 11. The van der Waals surface area contributed by atoms with Crippen molar-refractivity contribution in [3.63, 3.8) is 0 Å². The molecule has 3 aromatic rings. The molecule has 41 heavy (non-hydrogen) atoms. The number of methoxy groups -OCH3 is 3. The largest absolute Gasteiger partial charge is 0.497 e. The summed E-state index contributed by atoms with van der Waals surface area (Å²) >= 11 is 0. The van der Waals surface area contributed by atoms with Gasteiger partial charge in [-0.25, -0.2) is 8.42 Å². The number of carbonyl (C=O) groups excluding carboxylic acids is 2. The first-order valence-electron chi connectivity index (χ1n) is 13.3. The Labute approximate surface area is 240 Å². The van der Waals surface area contributed by atoms with Crippen LogP contribution in [0.15, 0.2) is 71.6 Å². The maximum absolute atomic E-state index is 13.1. The number of amides is 2. The maximum atomic E-state index is 13.1. The van der Waals surface area contributed by atoms with E-state index in [0.29, 0.717) is 54.3 Å². The average Bonchev–Trinajstić information content (AvgIpc) is 3.01. The summed E-state index contributed by atoms with van der Waals surface area (Å²) in [5, 5.41) is 5.79. The molecule has 1 fully saturated rings. The second kappa shape index (κ2) is 13.5. The van der Waals surface area contributed by atoms with E-state index in [1.165, 1.54) is 23.5 Å². The van der Waals surface area contributed by atoms with Crippen LogP contribution in [-0.2, 0) is 21.2 Å². The summed E-state index contributed by atoms with van der Waals surface area (Å²) < 4.78 is 43.2. The summed E-state index contributed by atoms with van der Waals surface area (Å²) in [7, 11) is 0.997. The number of para-hydroxylation sites is 1. The second-order valence-corrected chi connectivity index (χ2v) is 11.5. The van der Waals surface area contributed by atoms with Gasteiger partial charge in [0.1, 0.15) is 5.75 Å². The number of nitrogens with one attached hydrogen (secondary N) is 2. The zero-order chi connectivity index (χ0) is 29.4. The molecule has 0 bridgehead atoms. The van der Waals surface area contributed by atoms with Crippen LogP contribution < -0.4 is 24.8 Å². The highest BCUT2D eigenvalue weighted by Gasteiger charge is 2.32. The third-order valence-corrected chi connectivity index (χ3v) is 9.01. The van der Waals surface area contributed by atoms with Gasteiger partial charge in [-0.2, -0.15) is 4.31 Å². The quantitative estimate of drug-likeness (QED) is 0.354. The van der Waals surface area contributed by atoms with Crippen molar-refractivity contribution >= 4 is 27.5 Å². The summed E-state index contributed by atoms with van der Waals surface area (Å²) in [5.74, 6) is 0.909. The van der Waals surface area contributed by atoms with Gasteiger partial charge in [-0.05, 0) is 73.4 Å². The third-order valence-electron chi connectivity index (χ3n) is 7.10. The predicted molar refractivity (Wildman–Crippen MR) is 155 cm³/mol. The van der Waals surface area contributed by atoms with Crippen molar-refractivity contribution in [3.8, 4) is 17.2 Å². The smallest absolute Gasteiger partial charge is 0.253 e. The van der Waals surface area contributed by atoms with E-state index in [2.05, 4.69) is 10.6 Å². The first-order valence-corrected chi connectivity index (χ1v) is 14.7. The fourth-order valence-corrected chi connectivity index (χ4v) is 6.20. The van der Waals surface area contributed by atoms with Crippen LogP contribution in [0.1, 0.15) is 28.8 Å². The van der Waals surface area contributed by atoms with E-state index in [-0.39, 0.29) is 35.7 Å². The minimum absolute atomic E-state index is 0.187. The van der Waals surface area contributed by atoms with Gasteiger partial charge in [-0.15, -0.1) is 0 Å². The third kappa shape index (κ3) is 7.17. The van der Waals surface area contributed by atoms with Crippen LogP contribution in [0.2, 0.25) is 0 Å². The van der Waals surface area contributed by atoms with Crippen LogP contribution in [0.4, 0.5) is 5.69 Å². The van der Waals surface area contributed by atoms with Crippen molar-refractivity contribution in [1.82, 2.24) is 9.62 Å². The molecule has 2 amide bonds. The van der Waals surface area contributed by atoms with Crippen molar-refractivity contribution in [3.05, 3.63) is 77.9 Å². The topological polar surface area (TPSA) is 123 Å². The van der Waals surface area contributed by atoms with Crippen LogP contribution in [-0.4, -0.2) is 65.5 Å². The Bertz CT molecular complexity index is 1470. The summed E-state index contributed by atoms with van der Waals surface area (Å²) in [4.78, 5) is 26.3. The molecule has 0 aromatic heterocycles. The zero-order valence-corrected chi connectivity index (χ0v) is 24.2. The Balaban J connectivity index is 1.32. The van der Waals surface area contributed by atoms with Crippen LogP contribution in [0.3, 0.4) is 0 Å². The second-order valence-electron chi connectivity index (χ2n) is 9.58. The van der Waals surface area contributed by atoms with Crippen molar-refractivity contribution in [2.24, 2.45) is 5.92 Å². The minimum atomic E-state index is -3.67. The van der Waals surface area contributed by atoms with Gasteiger partial charge in [0.2, 0.25) is 15.9 Å². The summed E-state index contributed by atoms with van der Waals surface area (Å²) in [6.45, 7) is 0.840. The minimum Gasteiger partial charge on any atom is -0.497 e. The van der Waals surface area contributed by atoms with Crippen LogP contribution in [0.5, 0.6) is 17.2 Å². The Morgan fingerprint density at radius 3 is 2.22 bits per heavy atom. The highest BCUT2D eigenvalue weighted by Crippen LogP contribution is 2.28. The molecule has 1 aliphatic heterocycles. The van der Waals surface area contributed by atoms with E-state index in [0.717, 1.165) is 5.56 Å². The molecule has 218 valence electrons. The van der Waals surface area contributed by atoms with Gasteiger partial charge in [-0.3, -0.25) is 9.59 Å². The SMILES string of the molecule is COc1ccc(S(=O)(=O)N2CCC(C(=O)Nc3ccccc3C(=O)NCCc3ccc(OC)c(OC)c3)CC2)cc1. The molecule has 0 atom stereocenters. The lowest BCUT2D eigenvalue weighted by atomic mass is 9.97. The van der Waals surface area contributed by atoms with Crippen molar-refractivity contribution in [1.29, 1.82) is 0 Å². The van der Waals surface area contributed by atoms with Crippen LogP contribution >= 0.6 is 0 Å². The van der Waals surface area contributed by atoms with Crippen molar-refractivity contribution < 1.29 is 32.2 Å². The normalized spacial score (nSPS) is 14.2. The van der Waals surface area contributed by atoms with Crippen molar-refractivity contribution in [2.75, 3.05) is 46.3 Å². The van der Waals surface area contributed by atoms with Gasteiger partial charge in [0.15, 0.2) is 11.5 Å². The Kier molecular flexibility index (Phi) is 9.85. The number of anilines is 1. The highest BCUT2D eigenvalue weighted by atomic mass is 32.2. The number of ether oxygens (including phenoxy) is 3. The summed E-state index contributed by atoms with van der Waals surface area (Å²) in [6, 6.07) is 18.7. The van der Waals surface area contributed by atoms with Crippen molar-refractivity contribution in [2.45, 2.75) is 24.2 Å². The number of sulfonamides is 1. The molecular weight excluding hydrogens is 546 g/mol. The molecule has 2 N–H and O–H groups in total. The fraction of sp³-hybridized carbons (Fsp3) is 0.333. The number of benzene rings is 3. The predicted octanol–water partition coefficient (Wildman–Crippen LogP) is 3.72. The Morgan fingerprint density at radius 2 is 1.56 bits per heavy atom. The van der Waals surface area contributed by atoms with E-state index in [1.54, 1.807) is 50.6 Å². The Morgan fingerprint density at radius 1 is 0.878 bits per heavy atom. The van der Waals surface area contributed by atoms with Crippen LogP contribution in [0, 0.1) is 5.92 Å². The molecule has 0 aliphatic carbocycles. The molecule has 0 saturated carbocycles. The van der Waals surface area contributed by atoms with Gasteiger partial charge in [0, 0.05) is 25.6 Å². The maximum Gasteiger partial charge on any atom is 0.253 e. The van der Waals surface area contributed by atoms with Gasteiger partial charge >= 0.3 is 0 Å². The number of nitrogens with zero attached hydrogens (tertiary/aromatic N) is 1. The van der Waals surface area contributed by atoms with Gasteiger partial charge in [0.05, 0.1) is 37.5 Å². The number of hydrogen-bond acceptors (Lipinski definition) is 7. The van der Waals surface area contributed by atoms with Gasteiger partial charge in [-0.1, -0.05) is 18.2 Å². The van der Waals surface area contributed by atoms with Gasteiger partial charge < -0.3 is 24.8 Å². The monoisotopic (exact) mass is 581 g/mol. The Hall–Kier alpha value is -4.09. The molecule has 3 aromatic carbocycles. The molecule has 1 heterocycles. The standard InChI is InChI=1S/C30H35N3O7S/c1-38-23-9-11-24(12-10-23)41(36,37)33-18-15-22(16-19-33)29(34)32-26-7-5-4-6-25(26)30(35)31-17-14-21-8-13-27(39-2)28(20-21)40-3/h4-13,20,22H,14-19H2,1-3H3,(H,31,35)(H,32,34). The summed E-state index contributed by atoms with van der Waals surface area (Å²) in [6.07, 6.45) is 1.33. The fourth-order valence-electron chi connectivity index (χ4n) is 4.73. The molecular formula is C30H35N3O7S. The highest BCUT2D eigenvalue weighted by molar-refractivity contribution is 7.89. The molecule has 0 radical (unpaired) electrons. The van der Waals surface area contributed by atoms with Gasteiger partial charge in [0.25, 0.3) is 5.91 Å². The number of carbonyl (C=O) groups is 2. The van der Waals surface area contributed by atoms with Crippen LogP contribution in [0.25, 0.3) is 0 Å². The zero-order valence-electron chi connectivity index (χ0n) is 23.4. The van der Waals surface area contributed by atoms with E-state index >= 15 is 0 Å². The molecule has 1 saturated heterocycles. The molecule has 11 heteroatoms. The lowest BCUT2D eigenvalue weighted by molar-refractivity contribution is -0.120. The lowest BCUT2D eigenvalue weighted by Gasteiger charge is -2.30. The molecule has 4 rings (SSSR count). The average molecular weight is 582 g/mol. The number of piperidine rings is 1. The van der Waals surface area contributed by atoms with E-state index in [4.69, 9.17) is 14.2 Å². The summed E-state index contributed by atoms with van der Waals surface area (Å²) in [5.41, 5.74) is 1.74. The molecule has 0 spiro atoms. The first kappa shape index (κ1) is 29.9. The lowest BCUT2D eigenvalue weighted by Crippen LogP contribution is -2.41. The molecule has 10 nitrogen and oxygen atoms in total. The molecule has 1 aliphatic rings. The number of hydrogen-bond donors (Lipinski definition) is 2.